The van der Waals surface area contributed by atoms with E-state index in [4.69, 9.17) is 9.47 Å². The minimum Gasteiger partial charge on any atom is -0.493 e. The molecule has 0 radical (unpaired) electrons. The lowest BCUT2D eigenvalue weighted by Gasteiger charge is -2.42. The molecular weight excluding hydrogens is 250 g/mol. The summed E-state index contributed by atoms with van der Waals surface area (Å²) in [7, 11) is 5.69. The number of hydrogen-bond acceptors (Lipinski definition) is 3. The highest BCUT2D eigenvalue weighted by molar-refractivity contribution is 5.46. The second-order valence-corrected chi connectivity index (χ2v) is 6.22. The Morgan fingerprint density at radius 1 is 1.10 bits per heavy atom. The van der Waals surface area contributed by atoms with Crippen LogP contribution in [-0.2, 0) is 5.41 Å². The van der Waals surface area contributed by atoms with E-state index in [-0.39, 0.29) is 0 Å². The molecule has 1 heterocycles. The standard InChI is InChI=1S/C17H25NO2/c1-18-11-10-17(9-5-4-6-16(17)18)13-7-8-14(19-2)15(12-13)20-3/h7-8,12,16H,4-6,9-11H2,1-3H3/t16-,17-/m0/s1. The summed E-state index contributed by atoms with van der Waals surface area (Å²) in [6, 6.07) is 7.21. The van der Waals surface area contributed by atoms with E-state index in [9.17, 15) is 0 Å². The third kappa shape index (κ3) is 1.99. The largest absolute Gasteiger partial charge is 0.493 e. The molecular formula is C17H25NO2. The van der Waals surface area contributed by atoms with Crippen LogP contribution in [0.4, 0.5) is 0 Å². The fourth-order valence-corrected chi connectivity index (χ4v) is 4.31. The van der Waals surface area contributed by atoms with Crippen molar-refractivity contribution in [2.45, 2.75) is 43.6 Å². The second kappa shape index (κ2) is 5.28. The van der Waals surface area contributed by atoms with Gasteiger partial charge in [-0.15, -0.1) is 0 Å². The molecule has 1 saturated carbocycles. The van der Waals surface area contributed by atoms with Gasteiger partial charge in [0.2, 0.25) is 0 Å². The van der Waals surface area contributed by atoms with Gasteiger partial charge in [0, 0.05) is 11.5 Å². The van der Waals surface area contributed by atoms with Crippen LogP contribution in [0.15, 0.2) is 18.2 Å². The molecule has 1 aliphatic heterocycles. The summed E-state index contributed by atoms with van der Waals surface area (Å²) in [6.45, 7) is 1.21. The molecule has 3 nitrogen and oxygen atoms in total. The van der Waals surface area contributed by atoms with E-state index in [0.29, 0.717) is 11.5 Å². The summed E-state index contributed by atoms with van der Waals surface area (Å²) in [5.41, 5.74) is 1.76. The minimum absolute atomic E-state index is 0.326. The van der Waals surface area contributed by atoms with Crippen LogP contribution < -0.4 is 9.47 Å². The van der Waals surface area contributed by atoms with Crippen LogP contribution in [0, 0.1) is 0 Å². The molecule has 1 aromatic carbocycles. The van der Waals surface area contributed by atoms with Crippen molar-refractivity contribution in [3.05, 3.63) is 23.8 Å². The molecule has 1 aromatic rings. The van der Waals surface area contributed by atoms with E-state index < -0.39 is 0 Å². The Balaban J connectivity index is 2.02. The average Bonchev–Trinajstić information content (AvgIpc) is 2.85. The lowest BCUT2D eigenvalue weighted by atomic mass is 9.66. The van der Waals surface area contributed by atoms with E-state index in [0.717, 1.165) is 11.5 Å². The van der Waals surface area contributed by atoms with Gasteiger partial charge in [-0.2, -0.15) is 0 Å². The van der Waals surface area contributed by atoms with Gasteiger partial charge in [0.25, 0.3) is 0 Å². The summed E-state index contributed by atoms with van der Waals surface area (Å²) in [5.74, 6) is 1.68. The fourth-order valence-electron chi connectivity index (χ4n) is 4.31. The average molecular weight is 275 g/mol. The topological polar surface area (TPSA) is 21.7 Å². The maximum atomic E-state index is 5.50. The van der Waals surface area contributed by atoms with Crippen LogP contribution in [0.5, 0.6) is 11.5 Å². The van der Waals surface area contributed by atoms with Gasteiger partial charge in [-0.25, -0.2) is 0 Å². The third-order valence-corrected chi connectivity index (χ3v) is 5.39. The minimum atomic E-state index is 0.326. The zero-order valence-corrected chi connectivity index (χ0v) is 12.8. The Bertz CT molecular complexity index is 484. The number of rotatable bonds is 3. The van der Waals surface area contributed by atoms with Gasteiger partial charge in [-0.05, 0) is 50.6 Å². The van der Waals surface area contributed by atoms with Crippen LogP contribution in [-0.4, -0.2) is 38.8 Å². The zero-order valence-electron chi connectivity index (χ0n) is 12.8. The van der Waals surface area contributed by atoms with E-state index >= 15 is 0 Å². The van der Waals surface area contributed by atoms with Crippen molar-refractivity contribution in [3.8, 4) is 11.5 Å². The molecule has 1 aliphatic carbocycles. The summed E-state index contributed by atoms with van der Waals surface area (Å²) in [4.78, 5) is 2.55. The Kier molecular flexibility index (Phi) is 3.63. The van der Waals surface area contributed by atoms with Gasteiger partial charge < -0.3 is 14.4 Å². The van der Waals surface area contributed by atoms with Crippen molar-refractivity contribution in [2.75, 3.05) is 27.8 Å². The van der Waals surface area contributed by atoms with Crippen LogP contribution >= 0.6 is 0 Å². The van der Waals surface area contributed by atoms with Crippen LogP contribution in [0.25, 0.3) is 0 Å². The number of hydrogen-bond donors (Lipinski definition) is 0. The van der Waals surface area contributed by atoms with Crippen LogP contribution in [0.3, 0.4) is 0 Å². The van der Waals surface area contributed by atoms with E-state index in [1.807, 2.05) is 0 Å². The maximum Gasteiger partial charge on any atom is 0.161 e. The predicted octanol–water partition coefficient (Wildman–Crippen LogP) is 3.22. The molecule has 2 atom stereocenters. The first-order chi connectivity index (χ1) is 9.71. The number of likely N-dealkylation sites (N-methyl/N-ethyl adjacent to an activating group) is 1. The van der Waals surface area contributed by atoms with Crippen LogP contribution in [0.2, 0.25) is 0 Å². The van der Waals surface area contributed by atoms with Crippen molar-refractivity contribution < 1.29 is 9.47 Å². The molecule has 20 heavy (non-hydrogen) atoms. The van der Waals surface area contributed by atoms with Crippen molar-refractivity contribution in [1.29, 1.82) is 0 Å². The SMILES string of the molecule is COc1ccc([C@@]23CCCC[C@@H]2N(C)CC3)cc1OC. The molecule has 2 aliphatic rings. The Morgan fingerprint density at radius 3 is 2.65 bits per heavy atom. The number of nitrogens with zero attached hydrogens (tertiary/aromatic N) is 1. The molecule has 0 amide bonds. The van der Waals surface area contributed by atoms with E-state index in [1.54, 1.807) is 14.2 Å². The quantitative estimate of drug-likeness (QED) is 0.845. The number of likely N-dealkylation sites (tertiary alicyclic amines) is 1. The first-order valence-corrected chi connectivity index (χ1v) is 7.64. The molecule has 3 heteroatoms. The molecule has 0 N–H and O–H groups in total. The van der Waals surface area contributed by atoms with Crippen LogP contribution in [0.1, 0.15) is 37.7 Å². The number of methoxy groups -OCH3 is 2. The Hall–Kier alpha value is -1.22. The molecule has 0 aromatic heterocycles. The van der Waals surface area contributed by atoms with Gasteiger partial charge in [0.15, 0.2) is 11.5 Å². The van der Waals surface area contributed by atoms with Gasteiger partial charge in [0.1, 0.15) is 0 Å². The molecule has 0 unspecified atom stereocenters. The normalized spacial score (nSPS) is 30.1. The first-order valence-electron chi connectivity index (χ1n) is 7.64. The highest BCUT2D eigenvalue weighted by Gasteiger charge is 2.48. The highest BCUT2D eigenvalue weighted by Crippen LogP contribution is 2.49. The van der Waals surface area contributed by atoms with E-state index in [1.165, 1.54) is 44.2 Å². The molecule has 3 rings (SSSR count). The summed E-state index contributed by atoms with van der Waals surface area (Å²) in [6.07, 6.45) is 6.61. The zero-order chi connectivity index (χ0) is 14.2. The highest BCUT2D eigenvalue weighted by atomic mass is 16.5. The van der Waals surface area contributed by atoms with Crippen molar-refractivity contribution in [1.82, 2.24) is 4.90 Å². The fraction of sp³-hybridized carbons (Fsp3) is 0.647. The van der Waals surface area contributed by atoms with Gasteiger partial charge in [0.05, 0.1) is 14.2 Å². The second-order valence-electron chi connectivity index (χ2n) is 6.22. The molecule has 0 spiro atoms. The smallest absolute Gasteiger partial charge is 0.161 e. The molecule has 0 bridgehead atoms. The molecule has 110 valence electrons. The monoisotopic (exact) mass is 275 g/mol. The summed E-state index contributed by atoms with van der Waals surface area (Å²) in [5, 5.41) is 0. The predicted molar refractivity (Wildman–Crippen MR) is 80.7 cm³/mol. The van der Waals surface area contributed by atoms with Gasteiger partial charge in [-0.1, -0.05) is 18.9 Å². The maximum absolute atomic E-state index is 5.50. The number of fused-ring (bicyclic) bond motifs is 1. The molecule has 1 saturated heterocycles. The Morgan fingerprint density at radius 2 is 1.90 bits per heavy atom. The number of ether oxygens (including phenoxy) is 2. The van der Waals surface area contributed by atoms with Crippen molar-refractivity contribution in [2.24, 2.45) is 0 Å². The van der Waals surface area contributed by atoms with Crippen molar-refractivity contribution >= 4 is 0 Å². The Labute approximate surface area is 121 Å². The lowest BCUT2D eigenvalue weighted by Crippen LogP contribution is -2.43. The van der Waals surface area contributed by atoms with E-state index in [2.05, 4.69) is 30.1 Å². The van der Waals surface area contributed by atoms with Gasteiger partial charge in [-0.3, -0.25) is 0 Å². The van der Waals surface area contributed by atoms with Crippen molar-refractivity contribution in [3.63, 3.8) is 0 Å². The first kappa shape index (κ1) is 13.7. The van der Waals surface area contributed by atoms with Gasteiger partial charge >= 0.3 is 0 Å². The third-order valence-electron chi connectivity index (χ3n) is 5.39. The summed E-state index contributed by atoms with van der Waals surface area (Å²) >= 11 is 0. The number of benzene rings is 1. The summed E-state index contributed by atoms with van der Waals surface area (Å²) < 4.78 is 10.9. The molecule has 2 fully saturated rings. The lowest BCUT2D eigenvalue weighted by molar-refractivity contribution is 0.181.